The van der Waals surface area contributed by atoms with Crippen molar-refractivity contribution in [3.8, 4) is 0 Å². The lowest BCUT2D eigenvalue weighted by atomic mass is 9.91. The molecule has 2 N–H and O–H groups in total. The van der Waals surface area contributed by atoms with Crippen LogP contribution in [-0.2, 0) is 6.54 Å². The molecule has 0 radical (unpaired) electrons. The smallest absolute Gasteiger partial charge is 0.123 e. The molecular weight excluding hydrogens is 169 g/mol. The minimum absolute atomic E-state index is 0.0412. The molecule has 0 aliphatic carbocycles. The Morgan fingerprint density at radius 3 is 3.15 bits per heavy atom. The minimum atomic E-state index is -0.223. The molecule has 1 aromatic rings. The average Bonchev–Trinajstić information content (AvgIpc) is 2.17. The Labute approximate surface area is 76.4 Å². The summed E-state index contributed by atoms with van der Waals surface area (Å²) < 4.78 is 12.9. The Kier molecular flexibility index (Phi) is 2.29. The summed E-state index contributed by atoms with van der Waals surface area (Å²) >= 11 is 0. The van der Waals surface area contributed by atoms with Crippen molar-refractivity contribution in [3.63, 3.8) is 0 Å². The standard InChI is InChI=1S/C10H12FNO/c11-9-2-1-7-4-12-5-8(6-13)10(7)3-9/h1-3,8,12-13H,4-6H2. The van der Waals surface area contributed by atoms with Crippen LogP contribution in [0.2, 0.25) is 0 Å². The molecule has 0 saturated heterocycles. The summed E-state index contributed by atoms with van der Waals surface area (Å²) in [5.41, 5.74) is 2.04. The number of aliphatic hydroxyl groups is 1. The number of benzene rings is 1. The molecule has 3 heteroatoms. The van der Waals surface area contributed by atoms with E-state index < -0.39 is 0 Å². The van der Waals surface area contributed by atoms with Crippen LogP contribution in [0.25, 0.3) is 0 Å². The van der Waals surface area contributed by atoms with Gasteiger partial charge in [0, 0.05) is 19.0 Å². The van der Waals surface area contributed by atoms with Crippen molar-refractivity contribution >= 4 is 0 Å². The monoisotopic (exact) mass is 181 g/mol. The zero-order valence-corrected chi connectivity index (χ0v) is 7.26. The molecule has 1 aliphatic rings. The van der Waals surface area contributed by atoms with Crippen molar-refractivity contribution < 1.29 is 9.50 Å². The van der Waals surface area contributed by atoms with Gasteiger partial charge in [0.15, 0.2) is 0 Å². The van der Waals surface area contributed by atoms with Crippen molar-refractivity contribution in [2.75, 3.05) is 13.2 Å². The van der Waals surface area contributed by atoms with Crippen LogP contribution in [-0.4, -0.2) is 18.3 Å². The normalized spacial score (nSPS) is 21.2. The zero-order valence-electron chi connectivity index (χ0n) is 7.26. The Bertz CT molecular complexity index is 314. The second-order valence-corrected chi connectivity index (χ2v) is 3.35. The van der Waals surface area contributed by atoms with Crippen LogP contribution in [0, 0.1) is 5.82 Å². The molecule has 0 amide bonds. The lowest BCUT2D eigenvalue weighted by molar-refractivity contribution is 0.256. The van der Waals surface area contributed by atoms with Gasteiger partial charge in [0.2, 0.25) is 0 Å². The van der Waals surface area contributed by atoms with Gasteiger partial charge in [-0.1, -0.05) is 6.07 Å². The SMILES string of the molecule is OCC1CNCc2ccc(F)cc21. The number of fused-ring (bicyclic) bond motifs is 1. The van der Waals surface area contributed by atoms with E-state index in [0.29, 0.717) is 0 Å². The van der Waals surface area contributed by atoms with Gasteiger partial charge in [0.1, 0.15) is 5.82 Å². The predicted octanol–water partition coefficient (Wildman–Crippen LogP) is 1.00. The molecule has 0 bridgehead atoms. The largest absolute Gasteiger partial charge is 0.396 e. The Morgan fingerprint density at radius 2 is 2.38 bits per heavy atom. The van der Waals surface area contributed by atoms with Crippen molar-refractivity contribution in [2.24, 2.45) is 0 Å². The third kappa shape index (κ3) is 1.57. The molecule has 0 saturated carbocycles. The minimum Gasteiger partial charge on any atom is -0.396 e. The fraction of sp³-hybridized carbons (Fsp3) is 0.400. The van der Waals surface area contributed by atoms with Crippen LogP contribution in [0.5, 0.6) is 0 Å². The van der Waals surface area contributed by atoms with Gasteiger partial charge in [0.25, 0.3) is 0 Å². The molecule has 1 unspecified atom stereocenters. The summed E-state index contributed by atoms with van der Waals surface area (Å²) in [6, 6.07) is 4.76. The molecule has 0 spiro atoms. The van der Waals surface area contributed by atoms with Gasteiger partial charge in [-0.3, -0.25) is 0 Å². The van der Waals surface area contributed by atoms with Gasteiger partial charge in [-0.15, -0.1) is 0 Å². The molecule has 1 atom stereocenters. The van der Waals surface area contributed by atoms with Crippen molar-refractivity contribution in [1.29, 1.82) is 0 Å². The lowest BCUT2D eigenvalue weighted by Gasteiger charge is -2.24. The second-order valence-electron chi connectivity index (χ2n) is 3.35. The highest BCUT2D eigenvalue weighted by Gasteiger charge is 2.19. The quantitative estimate of drug-likeness (QED) is 0.677. The third-order valence-corrected chi connectivity index (χ3v) is 2.47. The van der Waals surface area contributed by atoms with E-state index in [9.17, 15) is 4.39 Å². The topological polar surface area (TPSA) is 32.3 Å². The fourth-order valence-corrected chi connectivity index (χ4v) is 1.76. The lowest BCUT2D eigenvalue weighted by Crippen LogP contribution is -2.30. The number of hydrogen-bond acceptors (Lipinski definition) is 2. The molecule has 2 nitrogen and oxygen atoms in total. The highest BCUT2D eigenvalue weighted by Crippen LogP contribution is 2.24. The first kappa shape index (κ1) is 8.66. The van der Waals surface area contributed by atoms with Crippen LogP contribution in [0.15, 0.2) is 18.2 Å². The molecule has 70 valence electrons. The fourth-order valence-electron chi connectivity index (χ4n) is 1.76. The third-order valence-electron chi connectivity index (χ3n) is 2.47. The van der Waals surface area contributed by atoms with Gasteiger partial charge >= 0.3 is 0 Å². The van der Waals surface area contributed by atoms with E-state index in [1.807, 2.05) is 0 Å². The van der Waals surface area contributed by atoms with Crippen LogP contribution < -0.4 is 5.32 Å². The van der Waals surface area contributed by atoms with Crippen LogP contribution in [0.1, 0.15) is 17.0 Å². The highest BCUT2D eigenvalue weighted by atomic mass is 19.1. The van der Waals surface area contributed by atoms with E-state index in [0.717, 1.165) is 24.2 Å². The summed E-state index contributed by atoms with van der Waals surface area (Å²) in [4.78, 5) is 0. The van der Waals surface area contributed by atoms with E-state index in [1.165, 1.54) is 12.1 Å². The van der Waals surface area contributed by atoms with Gasteiger partial charge in [0.05, 0.1) is 6.61 Å². The molecule has 0 aromatic heterocycles. The van der Waals surface area contributed by atoms with Crippen LogP contribution in [0.3, 0.4) is 0 Å². The van der Waals surface area contributed by atoms with Crippen molar-refractivity contribution in [1.82, 2.24) is 5.32 Å². The van der Waals surface area contributed by atoms with E-state index >= 15 is 0 Å². The Hall–Kier alpha value is -0.930. The highest BCUT2D eigenvalue weighted by molar-refractivity contribution is 5.33. The molecule has 1 heterocycles. The first-order valence-corrected chi connectivity index (χ1v) is 4.41. The van der Waals surface area contributed by atoms with Gasteiger partial charge < -0.3 is 10.4 Å². The number of halogens is 1. The Balaban J connectivity index is 2.41. The Morgan fingerprint density at radius 1 is 1.54 bits per heavy atom. The number of hydrogen-bond donors (Lipinski definition) is 2. The van der Waals surface area contributed by atoms with Crippen molar-refractivity contribution in [3.05, 3.63) is 35.1 Å². The van der Waals surface area contributed by atoms with Gasteiger partial charge in [-0.2, -0.15) is 0 Å². The van der Waals surface area contributed by atoms with E-state index in [-0.39, 0.29) is 18.3 Å². The predicted molar refractivity (Wildman–Crippen MR) is 47.9 cm³/mol. The summed E-state index contributed by atoms with van der Waals surface area (Å²) in [5, 5.41) is 12.2. The molecule has 2 rings (SSSR count). The number of nitrogens with one attached hydrogen (secondary N) is 1. The molecule has 1 aromatic carbocycles. The molecule has 13 heavy (non-hydrogen) atoms. The summed E-state index contributed by atoms with van der Waals surface area (Å²) in [6.45, 7) is 1.57. The summed E-state index contributed by atoms with van der Waals surface area (Å²) in [5.74, 6) is -0.182. The second kappa shape index (κ2) is 3.44. The maximum Gasteiger partial charge on any atom is 0.123 e. The first-order chi connectivity index (χ1) is 6.31. The van der Waals surface area contributed by atoms with Crippen molar-refractivity contribution in [2.45, 2.75) is 12.5 Å². The summed E-state index contributed by atoms with van der Waals surface area (Å²) in [7, 11) is 0. The van der Waals surface area contributed by atoms with Crippen LogP contribution in [0.4, 0.5) is 4.39 Å². The molecule has 1 aliphatic heterocycles. The average molecular weight is 181 g/mol. The van der Waals surface area contributed by atoms with E-state index in [4.69, 9.17) is 5.11 Å². The zero-order chi connectivity index (χ0) is 9.26. The van der Waals surface area contributed by atoms with Crippen LogP contribution >= 0.6 is 0 Å². The number of aliphatic hydroxyl groups excluding tert-OH is 1. The van der Waals surface area contributed by atoms with E-state index in [2.05, 4.69) is 5.32 Å². The maximum absolute atomic E-state index is 12.9. The first-order valence-electron chi connectivity index (χ1n) is 4.41. The number of rotatable bonds is 1. The molecular formula is C10H12FNO. The van der Waals surface area contributed by atoms with Gasteiger partial charge in [-0.25, -0.2) is 4.39 Å². The maximum atomic E-state index is 12.9. The summed E-state index contributed by atoms with van der Waals surface area (Å²) in [6.07, 6.45) is 0. The molecule has 0 fully saturated rings. The van der Waals surface area contributed by atoms with E-state index in [1.54, 1.807) is 6.07 Å². The van der Waals surface area contributed by atoms with Gasteiger partial charge in [-0.05, 0) is 23.3 Å².